The highest BCUT2D eigenvalue weighted by atomic mass is 19.1. The van der Waals surface area contributed by atoms with Crippen molar-refractivity contribution in [3.8, 4) is 5.75 Å². The number of halogens is 1. The highest BCUT2D eigenvalue weighted by Crippen LogP contribution is 2.38. The van der Waals surface area contributed by atoms with E-state index in [0.29, 0.717) is 16.9 Å². The molecule has 2 heterocycles. The summed E-state index contributed by atoms with van der Waals surface area (Å²) in [5.74, 6) is -0.396. The third kappa shape index (κ3) is 2.28. The number of hydrogen-bond donors (Lipinski definition) is 1. The molecule has 118 valence electrons. The van der Waals surface area contributed by atoms with Crippen LogP contribution in [-0.4, -0.2) is 30.3 Å². The summed E-state index contributed by atoms with van der Waals surface area (Å²) in [7, 11) is -0.753. The molecule has 1 unspecified atom stereocenters. The highest BCUT2D eigenvalue weighted by molar-refractivity contribution is 6.63. The zero-order chi connectivity index (χ0) is 16.3. The molecule has 0 bridgehead atoms. The van der Waals surface area contributed by atoms with Gasteiger partial charge in [-0.3, -0.25) is 4.79 Å². The van der Waals surface area contributed by atoms with E-state index in [4.69, 9.17) is 14.0 Å². The fourth-order valence-corrected chi connectivity index (χ4v) is 2.45. The van der Waals surface area contributed by atoms with Gasteiger partial charge >= 0.3 is 7.12 Å². The molecule has 1 aromatic carbocycles. The molecule has 0 aromatic heterocycles. The van der Waals surface area contributed by atoms with E-state index in [1.54, 1.807) is 6.92 Å². The monoisotopic (exact) mass is 307 g/mol. The Hall–Kier alpha value is -1.60. The fourth-order valence-electron chi connectivity index (χ4n) is 2.45. The topological polar surface area (TPSA) is 56.8 Å². The number of nitrogens with one attached hydrogen (secondary N) is 1. The van der Waals surface area contributed by atoms with Gasteiger partial charge in [-0.05, 0) is 40.7 Å². The summed E-state index contributed by atoms with van der Waals surface area (Å²) in [4.78, 5) is 11.7. The summed E-state index contributed by atoms with van der Waals surface area (Å²) in [6.07, 6.45) is -0.654. The van der Waals surface area contributed by atoms with Crippen molar-refractivity contribution in [2.75, 3.05) is 5.32 Å². The van der Waals surface area contributed by atoms with Crippen LogP contribution in [0, 0.1) is 5.82 Å². The number of rotatable bonds is 1. The Kier molecular flexibility index (Phi) is 3.27. The number of anilines is 1. The molecule has 1 N–H and O–H groups in total. The first-order valence-electron chi connectivity index (χ1n) is 7.27. The molecular formula is C15H19BFNO4. The minimum absolute atomic E-state index is 0.299. The first-order chi connectivity index (χ1) is 10.1. The van der Waals surface area contributed by atoms with E-state index in [1.165, 1.54) is 12.1 Å². The molecule has 1 saturated heterocycles. The maximum Gasteiger partial charge on any atom is 0.498 e. The summed E-state index contributed by atoms with van der Waals surface area (Å²) in [5, 5.41) is 2.64. The molecule has 1 atom stereocenters. The lowest BCUT2D eigenvalue weighted by atomic mass is 9.77. The Bertz CT molecular complexity index is 631. The van der Waals surface area contributed by atoms with Gasteiger partial charge in [0.05, 0.1) is 16.9 Å². The van der Waals surface area contributed by atoms with Crippen molar-refractivity contribution in [1.29, 1.82) is 0 Å². The Balaban J connectivity index is 2.04. The number of fused-ring (bicyclic) bond motifs is 1. The molecule has 5 nitrogen and oxygen atoms in total. The summed E-state index contributed by atoms with van der Waals surface area (Å²) in [6, 6.07) is 2.55. The van der Waals surface area contributed by atoms with Crippen molar-refractivity contribution >= 4 is 24.2 Å². The van der Waals surface area contributed by atoms with Gasteiger partial charge in [0.2, 0.25) is 0 Å². The Labute approximate surface area is 129 Å². The molecule has 7 heteroatoms. The number of carbonyl (C=O) groups is 1. The van der Waals surface area contributed by atoms with Crippen molar-refractivity contribution in [3.05, 3.63) is 17.9 Å². The molecule has 2 aliphatic heterocycles. The molecule has 0 spiro atoms. The third-order valence-electron chi connectivity index (χ3n) is 4.51. The first kappa shape index (κ1) is 15.3. The largest absolute Gasteiger partial charge is 0.498 e. The van der Waals surface area contributed by atoms with Crippen molar-refractivity contribution in [3.63, 3.8) is 0 Å². The average molecular weight is 307 g/mol. The van der Waals surface area contributed by atoms with Gasteiger partial charge in [0.15, 0.2) is 6.10 Å². The number of ether oxygens (including phenoxy) is 1. The van der Waals surface area contributed by atoms with E-state index < -0.39 is 30.2 Å². The van der Waals surface area contributed by atoms with Gasteiger partial charge in [0.25, 0.3) is 5.91 Å². The molecular weight excluding hydrogens is 288 g/mol. The maximum absolute atomic E-state index is 13.9. The van der Waals surface area contributed by atoms with Gasteiger partial charge < -0.3 is 19.4 Å². The van der Waals surface area contributed by atoms with E-state index in [0.717, 1.165) is 0 Å². The molecule has 3 rings (SSSR count). The van der Waals surface area contributed by atoms with Gasteiger partial charge in [-0.2, -0.15) is 0 Å². The minimum Gasteiger partial charge on any atom is -0.479 e. The van der Waals surface area contributed by atoms with Crippen LogP contribution in [0.3, 0.4) is 0 Å². The van der Waals surface area contributed by atoms with E-state index >= 15 is 0 Å². The number of carbonyl (C=O) groups excluding carboxylic acids is 1. The van der Waals surface area contributed by atoms with Crippen LogP contribution < -0.4 is 15.5 Å². The second-order valence-electron chi connectivity index (χ2n) is 6.71. The highest BCUT2D eigenvalue weighted by Gasteiger charge is 2.53. The lowest BCUT2D eigenvalue weighted by Crippen LogP contribution is -2.42. The molecule has 2 aliphatic rings. The molecule has 0 saturated carbocycles. The zero-order valence-corrected chi connectivity index (χ0v) is 13.3. The van der Waals surface area contributed by atoms with Gasteiger partial charge in [-0.15, -0.1) is 0 Å². The SMILES string of the molecule is CC1Oc2c(cc(F)cc2B2OC(C)(C)C(C)(C)O2)NC1=O. The number of hydrogen-bond acceptors (Lipinski definition) is 4. The first-order valence-corrected chi connectivity index (χ1v) is 7.27. The second kappa shape index (κ2) is 4.70. The maximum atomic E-state index is 13.9. The molecule has 1 aromatic rings. The van der Waals surface area contributed by atoms with E-state index in [9.17, 15) is 9.18 Å². The lowest BCUT2D eigenvalue weighted by molar-refractivity contribution is -0.122. The standard InChI is InChI=1S/C15H19BFNO4/c1-8-13(19)18-11-7-9(17)6-10(12(11)20-8)16-21-14(2,3)15(4,5)22-16/h6-8H,1-5H3,(H,18,19). The fraction of sp³-hybridized carbons (Fsp3) is 0.533. The van der Waals surface area contributed by atoms with Gasteiger partial charge in [0.1, 0.15) is 11.6 Å². The number of amides is 1. The Morgan fingerprint density at radius 3 is 2.36 bits per heavy atom. The zero-order valence-electron chi connectivity index (χ0n) is 13.3. The molecule has 1 fully saturated rings. The average Bonchev–Trinajstić information content (AvgIpc) is 2.59. The van der Waals surface area contributed by atoms with E-state index in [1.807, 2.05) is 27.7 Å². The van der Waals surface area contributed by atoms with Crippen molar-refractivity contribution in [2.24, 2.45) is 0 Å². The summed E-state index contributed by atoms with van der Waals surface area (Å²) < 4.78 is 31.4. The Morgan fingerprint density at radius 2 is 1.77 bits per heavy atom. The van der Waals surface area contributed by atoms with Crippen LogP contribution in [0.5, 0.6) is 5.75 Å². The predicted molar refractivity (Wildman–Crippen MR) is 80.8 cm³/mol. The smallest absolute Gasteiger partial charge is 0.479 e. The summed E-state index contributed by atoms with van der Waals surface area (Å²) in [5.41, 5.74) is -0.339. The normalized spacial score (nSPS) is 25.5. The van der Waals surface area contributed by atoms with Crippen LogP contribution >= 0.6 is 0 Å². The lowest BCUT2D eigenvalue weighted by Gasteiger charge is -2.32. The van der Waals surface area contributed by atoms with Crippen LogP contribution in [0.4, 0.5) is 10.1 Å². The van der Waals surface area contributed by atoms with E-state index in [-0.39, 0.29) is 5.91 Å². The molecule has 1 amide bonds. The van der Waals surface area contributed by atoms with Crippen molar-refractivity contribution in [2.45, 2.75) is 51.9 Å². The van der Waals surface area contributed by atoms with E-state index in [2.05, 4.69) is 5.32 Å². The summed E-state index contributed by atoms with van der Waals surface area (Å²) in [6.45, 7) is 9.32. The van der Waals surface area contributed by atoms with Gasteiger partial charge in [-0.25, -0.2) is 4.39 Å². The van der Waals surface area contributed by atoms with Crippen LogP contribution in [0.2, 0.25) is 0 Å². The third-order valence-corrected chi connectivity index (χ3v) is 4.51. The second-order valence-corrected chi connectivity index (χ2v) is 6.71. The number of benzene rings is 1. The van der Waals surface area contributed by atoms with Crippen LogP contribution in [0.1, 0.15) is 34.6 Å². The van der Waals surface area contributed by atoms with Gasteiger partial charge in [-0.1, -0.05) is 0 Å². The van der Waals surface area contributed by atoms with Crippen LogP contribution in [0.15, 0.2) is 12.1 Å². The quantitative estimate of drug-likeness (QED) is 0.805. The van der Waals surface area contributed by atoms with Crippen LogP contribution in [0.25, 0.3) is 0 Å². The van der Waals surface area contributed by atoms with Crippen LogP contribution in [-0.2, 0) is 14.1 Å². The Morgan fingerprint density at radius 1 is 1.18 bits per heavy atom. The van der Waals surface area contributed by atoms with Gasteiger partial charge in [0, 0.05) is 11.5 Å². The summed E-state index contributed by atoms with van der Waals surface area (Å²) >= 11 is 0. The van der Waals surface area contributed by atoms with Crippen molar-refractivity contribution in [1.82, 2.24) is 0 Å². The minimum atomic E-state index is -0.753. The molecule has 0 aliphatic carbocycles. The molecule has 0 radical (unpaired) electrons. The molecule has 22 heavy (non-hydrogen) atoms. The predicted octanol–water partition coefficient (Wildman–Crippen LogP) is 1.84. The van der Waals surface area contributed by atoms with Crippen molar-refractivity contribution < 1.29 is 23.2 Å².